The molecule has 21 heavy (non-hydrogen) atoms. The third kappa shape index (κ3) is 1.82. The zero-order valence-electron chi connectivity index (χ0n) is 11.0. The normalized spacial score (nSPS) is 12.8. The van der Waals surface area contributed by atoms with Gasteiger partial charge in [0, 0.05) is 21.2 Å². The van der Waals surface area contributed by atoms with Crippen LogP contribution in [0.3, 0.4) is 0 Å². The highest BCUT2D eigenvalue weighted by Crippen LogP contribution is 2.33. The molecule has 2 aromatic rings. The quantitative estimate of drug-likeness (QED) is 0.588. The number of hydrogen-bond acceptors (Lipinski definition) is 3. The molecule has 0 amide bonds. The van der Waals surface area contributed by atoms with Gasteiger partial charge in [0.1, 0.15) is 17.7 Å². The topological polar surface area (TPSA) is 32.5 Å². The fraction of sp³-hybridized carbons (Fsp3) is 0.0625. The molecule has 2 heterocycles. The first-order chi connectivity index (χ1) is 10.1. The summed E-state index contributed by atoms with van der Waals surface area (Å²) in [6, 6.07) is 6.05. The second-order valence-corrected chi connectivity index (χ2v) is 6.57. The lowest BCUT2D eigenvalue weighted by molar-refractivity contribution is 1.52. The molecule has 3 nitrogen and oxygen atoms in total. The van der Waals surface area contributed by atoms with Gasteiger partial charge in [-0.2, -0.15) is 15.0 Å². The first kappa shape index (κ1) is 13.3. The van der Waals surface area contributed by atoms with Gasteiger partial charge in [-0.15, -0.1) is 22.7 Å². The van der Waals surface area contributed by atoms with Crippen LogP contribution < -0.4 is 9.06 Å². The highest BCUT2D eigenvalue weighted by molar-refractivity contribution is 7.12. The first-order valence-electron chi connectivity index (χ1n) is 5.94. The highest BCUT2D eigenvalue weighted by Gasteiger charge is 2.20. The summed E-state index contributed by atoms with van der Waals surface area (Å²) >= 11 is 3.02. The molecule has 0 fully saturated rings. The maximum absolute atomic E-state index is 9.01. The van der Waals surface area contributed by atoms with Crippen molar-refractivity contribution >= 4 is 39.6 Å². The van der Waals surface area contributed by atoms with E-state index in [-0.39, 0.29) is 5.82 Å². The number of nitrogens with zero attached hydrogens (tertiary/aromatic N) is 3. The van der Waals surface area contributed by atoms with Crippen molar-refractivity contribution in [2.45, 2.75) is 6.92 Å². The van der Waals surface area contributed by atoms with E-state index in [0.29, 0.717) is 10.1 Å². The summed E-state index contributed by atoms with van der Waals surface area (Å²) < 4.78 is 3.78. The average Bonchev–Trinajstić information content (AvgIpc) is 3.15. The van der Waals surface area contributed by atoms with Crippen LogP contribution in [0.4, 0.5) is 0 Å². The molecule has 0 atom stereocenters. The summed E-state index contributed by atoms with van der Waals surface area (Å²) in [7, 11) is 0. The third-order valence-corrected chi connectivity index (χ3v) is 5.84. The largest absolute Gasteiger partial charge is 0.536 e. The first-order valence-corrected chi connectivity index (χ1v) is 7.58. The maximum Gasteiger partial charge on any atom is 0.536 e. The Kier molecular flexibility index (Phi) is 3.00. The minimum absolute atomic E-state index is 0.0975. The molecule has 1 aliphatic rings. The van der Waals surface area contributed by atoms with E-state index in [1.54, 1.807) is 18.3 Å². The molecular formula is C16H7N3S2. The zero-order chi connectivity index (χ0) is 15.1. The predicted octanol–water partition coefficient (Wildman–Crippen LogP) is 3.07. The Morgan fingerprint density at radius 1 is 1.14 bits per heavy atom. The van der Waals surface area contributed by atoms with Crippen LogP contribution in [0.1, 0.15) is 18.1 Å². The summed E-state index contributed by atoms with van der Waals surface area (Å²) in [5, 5.41) is 9.01. The average molecular weight is 305 g/mol. The van der Waals surface area contributed by atoms with E-state index in [1.165, 1.54) is 11.3 Å². The number of rotatable bonds is 0. The summed E-state index contributed by atoms with van der Waals surface area (Å²) in [4.78, 5) is 6.53. The van der Waals surface area contributed by atoms with Crippen LogP contribution in [-0.2, 0) is 0 Å². The molecule has 5 heteroatoms. The van der Waals surface area contributed by atoms with Gasteiger partial charge in [0.2, 0.25) is 0 Å². The fourth-order valence-electron chi connectivity index (χ4n) is 2.20. The number of nitriles is 1. The fourth-order valence-corrected chi connectivity index (χ4v) is 4.61. The smallest absolute Gasteiger partial charge is 0.193 e. The molecular weight excluding hydrogens is 298 g/mol. The molecule has 2 aromatic heterocycles. The lowest BCUT2D eigenvalue weighted by Gasteiger charge is -1.93. The van der Waals surface area contributed by atoms with Gasteiger partial charge in [-0.1, -0.05) is 6.58 Å². The Morgan fingerprint density at radius 2 is 1.67 bits per heavy atom. The van der Waals surface area contributed by atoms with Crippen molar-refractivity contribution < 1.29 is 0 Å². The second-order valence-electron chi connectivity index (χ2n) is 4.47. The van der Waals surface area contributed by atoms with Gasteiger partial charge >= 0.3 is 5.82 Å². The predicted molar refractivity (Wildman–Crippen MR) is 85.0 cm³/mol. The van der Waals surface area contributed by atoms with Gasteiger partial charge in [-0.3, -0.25) is 0 Å². The van der Waals surface area contributed by atoms with Gasteiger partial charge in [-0.25, -0.2) is 0 Å². The molecule has 0 spiro atoms. The lowest BCUT2D eigenvalue weighted by Crippen LogP contribution is -1.95. The second kappa shape index (κ2) is 4.72. The van der Waals surface area contributed by atoms with E-state index in [2.05, 4.69) is 22.3 Å². The molecule has 1 aliphatic carbocycles. The van der Waals surface area contributed by atoms with E-state index in [4.69, 9.17) is 18.4 Å². The minimum Gasteiger partial charge on any atom is -0.193 e. The number of hydrogen-bond donors (Lipinski definition) is 0. The molecule has 0 radical (unpaired) electrons. The molecule has 0 N–H and O–H groups in total. The molecule has 0 unspecified atom stereocenters. The Hall–Kier alpha value is -2.65. The van der Waals surface area contributed by atoms with E-state index >= 15 is 0 Å². The molecule has 0 saturated heterocycles. The van der Waals surface area contributed by atoms with E-state index < -0.39 is 0 Å². The molecule has 98 valence electrons. The Labute approximate surface area is 129 Å². The van der Waals surface area contributed by atoms with E-state index in [0.717, 1.165) is 30.3 Å². The van der Waals surface area contributed by atoms with Crippen molar-refractivity contribution in [1.82, 2.24) is 0 Å². The maximum atomic E-state index is 9.01. The van der Waals surface area contributed by atoms with Crippen LogP contribution in [0, 0.1) is 33.5 Å². The van der Waals surface area contributed by atoms with E-state index in [9.17, 15) is 0 Å². The molecule has 0 aromatic carbocycles. The van der Waals surface area contributed by atoms with Gasteiger partial charge in [0.25, 0.3) is 0 Å². The van der Waals surface area contributed by atoms with Crippen LogP contribution in [0.25, 0.3) is 26.7 Å². The summed E-state index contributed by atoms with van der Waals surface area (Å²) in [6.07, 6.45) is 0. The minimum atomic E-state index is 0.0975. The van der Waals surface area contributed by atoms with Crippen LogP contribution in [0.5, 0.6) is 0 Å². The van der Waals surface area contributed by atoms with Gasteiger partial charge in [0.15, 0.2) is 0 Å². The van der Waals surface area contributed by atoms with Gasteiger partial charge in [0.05, 0.1) is 15.1 Å². The Balaban J connectivity index is 2.53. The summed E-state index contributed by atoms with van der Waals surface area (Å²) in [5.41, 5.74) is 3.66. The van der Waals surface area contributed by atoms with E-state index in [1.807, 2.05) is 12.1 Å². The van der Waals surface area contributed by atoms with Crippen molar-refractivity contribution in [1.29, 1.82) is 5.26 Å². The highest BCUT2D eigenvalue weighted by atomic mass is 32.1. The van der Waals surface area contributed by atoms with Crippen molar-refractivity contribution in [2.24, 2.45) is 0 Å². The molecule has 0 bridgehead atoms. The number of thiophene rings is 2. The SMILES string of the molecule is [C-]#[N+]C([N+]#[C-])=c1cc2c(s1)=c1s/c(=C(/C)C#N)cc1C2=C. The third-order valence-electron chi connectivity index (χ3n) is 3.29. The Bertz CT molecular complexity index is 1120. The monoisotopic (exact) mass is 305 g/mol. The summed E-state index contributed by atoms with van der Waals surface area (Å²) in [6.45, 7) is 20.0. The van der Waals surface area contributed by atoms with Crippen molar-refractivity contribution in [2.75, 3.05) is 0 Å². The molecule has 0 aliphatic heterocycles. The zero-order valence-corrected chi connectivity index (χ0v) is 12.7. The standard InChI is InChI=1S/C16H7N3S2/c1-8(7-17)12-5-10-9(2)11-6-13(16(18-3)19-4)21-15(11)14(10)20-12/h5-6H,2H2,1H3/b12-8-. The van der Waals surface area contributed by atoms with Crippen LogP contribution in [0.2, 0.25) is 0 Å². The lowest BCUT2D eigenvalue weighted by atomic mass is 10.1. The van der Waals surface area contributed by atoms with Crippen LogP contribution in [-0.4, -0.2) is 0 Å². The number of fused-ring (bicyclic) bond motifs is 2. The Morgan fingerprint density at radius 3 is 2.19 bits per heavy atom. The van der Waals surface area contributed by atoms with Gasteiger partial charge < -0.3 is 0 Å². The molecule has 0 saturated carbocycles. The summed E-state index contributed by atoms with van der Waals surface area (Å²) in [5.74, 6) is 0.0975. The van der Waals surface area contributed by atoms with Crippen molar-refractivity contribution in [3.05, 3.63) is 70.8 Å². The van der Waals surface area contributed by atoms with Crippen molar-refractivity contribution in [3.63, 3.8) is 0 Å². The molecule has 3 rings (SSSR count). The van der Waals surface area contributed by atoms with Crippen LogP contribution in [0.15, 0.2) is 18.7 Å². The van der Waals surface area contributed by atoms with Crippen LogP contribution >= 0.6 is 22.7 Å². The van der Waals surface area contributed by atoms with Crippen molar-refractivity contribution in [3.8, 4) is 6.07 Å². The van der Waals surface area contributed by atoms with Gasteiger partial charge in [-0.05, 0) is 24.6 Å².